The molecule has 11 nitrogen and oxygen atoms in total. The van der Waals surface area contributed by atoms with E-state index in [9.17, 15) is 9.90 Å². The number of carbonyl (C=O) groups excluding carboxylic acids is 1. The second kappa shape index (κ2) is 14.2. The predicted molar refractivity (Wildman–Crippen MR) is 187 cm³/mol. The number of nitrogens with zero attached hydrogens (tertiary/aromatic N) is 5. The molecule has 13 heteroatoms. The van der Waals surface area contributed by atoms with Gasteiger partial charge in [0.1, 0.15) is 41.1 Å². The van der Waals surface area contributed by atoms with E-state index in [1.807, 2.05) is 84.9 Å². The number of thioether (sulfide) groups is 1. The number of fused-ring (bicyclic) bond motifs is 1. The van der Waals surface area contributed by atoms with Crippen LogP contribution in [0, 0.1) is 0 Å². The van der Waals surface area contributed by atoms with Crippen molar-refractivity contribution in [3.8, 4) is 11.5 Å². The number of aliphatic hydroxyl groups is 1. The number of hydrogen-bond donors (Lipinski definition) is 2. The number of amides is 1. The van der Waals surface area contributed by atoms with Crippen LogP contribution in [-0.4, -0.2) is 74.3 Å². The first-order valence-electron chi connectivity index (χ1n) is 15.8. The molecule has 4 aromatic carbocycles. The fraction of sp³-hybridized carbons (Fsp3) is 0.216. The van der Waals surface area contributed by atoms with Crippen molar-refractivity contribution < 1.29 is 28.5 Å². The van der Waals surface area contributed by atoms with Crippen LogP contribution in [0.1, 0.15) is 32.4 Å². The number of rotatable bonds is 11. The van der Waals surface area contributed by atoms with Crippen molar-refractivity contribution >= 4 is 34.7 Å². The Kier molecular flexibility index (Phi) is 9.44. The standard InChI is InChI=1S/C37H33FN6O5S/c1-47-27-17-13-25(14-18-27)37(24-11-7-4-8-12-24,26-15-19-28(48-2)20-16-26)49-21-29-30(38)32(45)36(50-29)44-34-31(42-43-44)33(39-22-40-34)41-35(46)23-9-5-3-6-10-23/h3-20,22,29-30,32,36,45H,21H2,1-2H3,(H,39,40,41,46)/t29-,30-,32-,36-/m1/s1. The van der Waals surface area contributed by atoms with Gasteiger partial charge >= 0.3 is 0 Å². The molecule has 2 N–H and O–H groups in total. The lowest BCUT2D eigenvalue weighted by Gasteiger charge is -2.37. The lowest BCUT2D eigenvalue weighted by Crippen LogP contribution is -2.37. The van der Waals surface area contributed by atoms with Crippen LogP contribution in [0.5, 0.6) is 11.5 Å². The Labute approximate surface area is 291 Å². The van der Waals surface area contributed by atoms with Crippen LogP contribution < -0.4 is 14.8 Å². The van der Waals surface area contributed by atoms with E-state index in [1.54, 1.807) is 38.5 Å². The molecule has 254 valence electrons. The zero-order valence-corrected chi connectivity index (χ0v) is 27.9. The normalized spacial score (nSPS) is 19.0. The van der Waals surface area contributed by atoms with E-state index >= 15 is 4.39 Å². The molecule has 1 aliphatic heterocycles. The fourth-order valence-corrected chi connectivity index (χ4v) is 7.51. The smallest absolute Gasteiger partial charge is 0.256 e. The van der Waals surface area contributed by atoms with Gasteiger partial charge in [-0.3, -0.25) is 4.79 Å². The van der Waals surface area contributed by atoms with Gasteiger partial charge in [-0.2, -0.15) is 0 Å². The Hall–Kier alpha value is -5.37. The van der Waals surface area contributed by atoms with E-state index in [-0.39, 0.29) is 29.5 Å². The molecule has 1 aliphatic rings. The Balaban J connectivity index is 1.20. The summed E-state index contributed by atoms with van der Waals surface area (Å²) >= 11 is 1.18. The molecule has 0 spiro atoms. The van der Waals surface area contributed by atoms with E-state index in [0.717, 1.165) is 16.7 Å². The quantitative estimate of drug-likeness (QED) is 0.160. The third-order valence-electron chi connectivity index (χ3n) is 8.70. The Morgan fingerprint density at radius 2 is 1.44 bits per heavy atom. The van der Waals surface area contributed by atoms with E-state index < -0.39 is 28.5 Å². The third kappa shape index (κ3) is 6.15. The summed E-state index contributed by atoms with van der Waals surface area (Å²) in [5, 5.41) is 20.7. The number of aromatic nitrogens is 5. The summed E-state index contributed by atoms with van der Waals surface area (Å²) in [4.78, 5) is 21.3. The molecule has 1 saturated heterocycles. The van der Waals surface area contributed by atoms with E-state index in [1.165, 1.54) is 22.8 Å². The molecule has 0 aliphatic carbocycles. The monoisotopic (exact) mass is 692 g/mol. The summed E-state index contributed by atoms with van der Waals surface area (Å²) in [5.74, 6) is 1.12. The number of methoxy groups -OCH3 is 2. The van der Waals surface area contributed by atoms with Crippen LogP contribution in [0.2, 0.25) is 0 Å². The van der Waals surface area contributed by atoms with Crippen molar-refractivity contribution in [1.29, 1.82) is 0 Å². The van der Waals surface area contributed by atoms with Crippen molar-refractivity contribution in [2.75, 3.05) is 26.1 Å². The van der Waals surface area contributed by atoms with Crippen molar-refractivity contribution in [3.63, 3.8) is 0 Å². The van der Waals surface area contributed by atoms with Gasteiger partial charge in [0, 0.05) is 5.56 Å². The molecular formula is C37H33FN6O5S. The molecule has 0 unspecified atom stereocenters. The molecule has 0 saturated carbocycles. The van der Waals surface area contributed by atoms with Gasteiger partial charge in [0.2, 0.25) is 0 Å². The summed E-state index contributed by atoms with van der Waals surface area (Å²) in [7, 11) is 3.21. The fourth-order valence-electron chi connectivity index (χ4n) is 6.12. The minimum Gasteiger partial charge on any atom is -0.497 e. The van der Waals surface area contributed by atoms with Gasteiger partial charge in [-0.15, -0.1) is 16.9 Å². The van der Waals surface area contributed by atoms with Crippen LogP contribution in [-0.2, 0) is 10.3 Å². The first-order valence-corrected chi connectivity index (χ1v) is 16.8. The van der Waals surface area contributed by atoms with Crippen molar-refractivity contribution in [2.24, 2.45) is 0 Å². The zero-order chi connectivity index (χ0) is 34.7. The molecule has 0 radical (unpaired) electrons. The first kappa shape index (κ1) is 33.1. The van der Waals surface area contributed by atoms with Crippen LogP contribution >= 0.6 is 11.8 Å². The number of nitrogens with one attached hydrogen (secondary N) is 1. The third-order valence-corrected chi connectivity index (χ3v) is 10.2. The lowest BCUT2D eigenvalue weighted by atomic mass is 9.80. The number of halogens is 1. The Morgan fingerprint density at radius 3 is 2.04 bits per heavy atom. The van der Waals surface area contributed by atoms with Crippen LogP contribution in [0.3, 0.4) is 0 Å². The molecule has 1 fully saturated rings. The maximum atomic E-state index is 16.1. The van der Waals surface area contributed by atoms with Gasteiger partial charge in [0.15, 0.2) is 17.0 Å². The maximum Gasteiger partial charge on any atom is 0.256 e. The van der Waals surface area contributed by atoms with Crippen LogP contribution in [0.25, 0.3) is 11.2 Å². The number of ether oxygens (including phenoxy) is 3. The predicted octanol–water partition coefficient (Wildman–Crippen LogP) is 5.81. The summed E-state index contributed by atoms with van der Waals surface area (Å²) in [6.07, 6.45) is -1.87. The topological polar surface area (TPSA) is 134 Å². The van der Waals surface area contributed by atoms with E-state index in [0.29, 0.717) is 17.1 Å². The van der Waals surface area contributed by atoms with Crippen molar-refractivity contribution in [2.45, 2.75) is 28.5 Å². The molecular weight excluding hydrogens is 660 g/mol. The molecule has 4 atom stereocenters. The second-order valence-corrected chi connectivity index (χ2v) is 12.9. The van der Waals surface area contributed by atoms with E-state index in [4.69, 9.17) is 14.2 Å². The minimum atomic E-state index is -1.68. The molecule has 2 aromatic heterocycles. The highest BCUT2D eigenvalue weighted by atomic mass is 32.2. The van der Waals surface area contributed by atoms with Gasteiger partial charge < -0.3 is 24.6 Å². The Morgan fingerprint density at radius 1 is 0.860 bits per heavy atom. The summed E-state index contributed by atoms with van der Waals surface area (Å²) < 4.78 is 35.3. The van der Waals surface area contributed by atoms with Gasteiger partial charge in [0.25, 0.3) is 5.91 Å². The molecule has 0 bridgehead atoms. The summed E-state index contributed by atoms with van der Waals surface area (Å²) in [6, 6.07) is 33.5. The summed E-state index contributed by atoms with van der Waals surface area (Å²) in [5.41, 5.74) is 2.15. The highest BCUT2D eigenvalue weighted by Gasteiger charge is 2.48. The number of hydrogen-bond acceptors (Lipinski definition) is 10. The number of aliphatic hydroxyl groups excluding tert-OH is 1. The lowest BCUT2D eigenvalue weighted by molar-refractivity contribution is -0.00605. The van der Waals surface area contributed by atoms with Crippen molar-refractivity contribution in [3.05, 3.63) is 138 Å². The van der Waals surface area contributed by atoms with Gasteiger partial charge in [-0.05, 0) is 53.1 Å². The number of anilines is 1. The maximum absolute atomic E-state index is 16.1. The van der Waals surface area contributed by atoms with E-state index in [2.05, 4.69) is 25.6 Å². The zero-order valence-electron chi connectivity index (χ0n) is 27.1. The van der Waals surface area contributed by atoms with Gasteiger partial charge in [-0.25, -0.2) is 19.0 Å². The molecule has 1 amide bonds. The molecule has 3 heterocycles. The largest absolute Gasteiger partial charge is 0.497 e. The molecule has 50 heavy (non-hydrogen) atoms. The molecule has 7 rings (SSSR count). The second-order valence-electron chi connectivity index (χ2n) is 11.6. The summed E-state index contributed by atoms with van der Waals surface area (Å²) in [6.45, 7) is -0.0770. The van der Waals surface area contributed by atoms with Gasteiger partial charge in [-0.1, -0.05) is 78.0 Å². The SMILES string of the molecule is COc1ccc(C(OC[C@H]2S[C@@H](n3nnc4c(NC(=O)c5ccccc5)ncnc43)[C@H](O)[C@@H]2F)(c2ccccc2)c2ccc(OC)cc2)cc1. The highest BCUT2D eigenvalue weighted by Crippen LogP contribution is 2.47. The number of alkyl halides is 1. The average Bonchev–Trinajstić information content (AvgIpc) is 3.73. The van der Waals surface area contributed by atoms with Crippen LogP contribution in [0.15, 0.2) is 116 Å². The van der Waals surface area contributed by atoms with Gasteiger partial charge in [0.05, 0.1) is 26.1 Å². The van der Waals surface area contributed by atoms with Crippen LogP contribution in [0.4, 0.5) is 10.2 Å². The Bertz CT molecular complexity index is 2020. The van der Waals surface area contributed by atoms with Crippen molar-refractivity contribution in [1.82, 2.24) is 25.0 Å². The number of carbonyl (C=O) groups is 1. The first-order chi connectivity index (χ1) is 24.4. The number of benzene rings is 4. The highest BCUT2D eigenvalue weighted by molar-refractivity contribution is 8.00. The molecule has 6 aromatic rings. The minimum absolute atomic E-state index is 0.0770. The average molecular weight is 693 g/mol.